The zero-order valence-electron chi connectivity index (χ0n) is 17.5. The fraction of sp³-hybridized carbons (Fsp3) is 0.409. The molecule has 2 aliphatic heterocycles. The number of sulfonamides is 1. The number of ether oxygens (including phenoxy) is 2. The van der Waals surface area contributed by atoms with Crippen LogP contribution in [0.1, 0.15) is 31.4 Å². The van der Waals surface area contributed by atoms with Crippen molar-refractivity contribution in [3.05, 3.63) is 53.6 Å². The molecule has 2 aliphatic rings. The lowest BCUT2D eigenvalue weighted by molar-refractivity contribution is -0.126. The molecule has 1 unspecified atom stereocenters. The first-order valence-corrected chi connectivity index (χ1v) is 11.8. The molecule has 0 aliphatic carbocycles. The van der Waals surface area contributed by atoms with E-state index >= 15 is 0 Å². The minimum Gasteiger partial charge on any atom is -0.486 e. The molecular weight excluding hydrogens is 442 g/mol. The normalized spacial score (nSPS) is 18.2. The molecule has 1 fully saturated rings. The lowest BCUT2D eigenvalue weighted by Gasteiger charge is -2.31. The molecule has 0 spiro atoms. The van der Waals surface area contributed by atoms with Crippen LogP contribution in [0.3, 0.4) is 0 Å². The van der Waals surface area contributed by atoms with Gasteiger partial charge in [-0.1, -0.05) is 6.07 Å². The van der Waals surface area contributed by atoms with Gasteiger partial charge in [0, 0.05) is 19.0 Å². The monoisotopic (exact) mass is 466 g/mol. The Bertz CT molecular complexity index is 1120. The van der Waals surface area contributed by atoms with Crippen molar-refractivity contribution < 1.29 is 31.5 Å². The summed E-state index contributed by atoms with van der Waals surface area (Å²) in [4.78, 5) is 12.1. The van der Waals surface area contributed by atoms with Crippen LogP contribution in [0, 0.1) is 17.6 Å². The highest BCUT2D eigenvalue weighted by Crippen LogP contribution is 2.33. The summed E-state index contributed by atoms with van der Waals surface area (Å²) in [5.41, 5.74) is 0.865. The van der Waals surface area contributed by atoms with E-state index in [1.807, 2.05) is 19.1 Å². The first kappa shape index (κ1) is 22.5. The number of fused-ring (bicyclic) bond motifs is 1. The number of hydrogen-bond donors (Lipinski definition) is 1. The molecule has 2 aromatic carbocycles. The number of nitrogens with one attached hydrogen (secondary N) is 1. The van der Waals surface area contributed by atoms with Crippen LogP contribution >= 0.6 is 0 Å². The summed E-state index contributed by atoms with van der Waals surface area (Å²) in [6.07, 6.45) is 0.575. The zero-order valence-corrected chi connectivity index (χ0v) is 18.3. The van der Waals surface area contributed by atoms with Gasteiger partial charge in [0.15, 0.2) is 11.5 Å². The molecule has 32 heavy (non-hydrogen) atoms. The van der Waals surface area contributed by atoms with Gasteiger partial charge < -0.3 is 14.8 Å². The van der Waals surface area contributed by atoms with E-state index in [-0.39, 0.29) is 43.8 Å². The highest BCUT2D eigenvalue weighted by Gasteiger charge is 2.34. The van der Waals surface area contributed by atoms with Crippen LogP contribution in [0.25, 0.3) is 0 Å². The van der Waals surface area contributed by atoms with Crippen LogP contribution in [-0.4, -0.2) is 44.9 Å². The highest BCUT2D eigenvalue weighted by molar-refractivity contribution is 7.89. The second-order valence-electron chi connectivity index (χ2n) is 7.89. The topological polar surface area (TPSA) is 84.9 Å². The Morgan fingerprint density at radius 2 is 1.75 bits per heavy atom. The maximum absolute atomic E-state index is 14.0. The van der Waals surface area contributed by atoms with E-state index in [4.69, 9.17) is 9.47 Å². The Balaban J connectivity index is 1.37. The van der Waals surface area contributed by atoms with E-state index < -0.39 is 26.6 Å². The highest BCUT2D eigenvalue weighted by atomic mass is 32.2. The van der Waals surface area contributed by atoms with Gasteiger partial charge in [-0.15, -0.1) is 0 Å². The smallest absolute Gasteiger partial charge is 0.246 e. The molecule has 4 rings (SSSR count). The number of carbonyl (C=O) groups is 1. The molecule has 1 amide bonds. The quantitative estimate of drug-likeness (QED) is 0.732. The van der Waals surface area contributed by atoms with E-state index in [9.17, 15) is 22.0 Å². The molecule has 2 aromatic rings. The third-order valence-electron chi connectivity index (χ3n) is 5.76. The average molecular weight is 467 g/mol. The van der Waals surface area contributed by atoms with Crippen molar-refractivity contribution in [2.45, 2.75) is 30.7 Å². The SMILES string of the molecule is CC(NC(=O)C1CCN(S(=O)(=O)c2cc(F)ccc2F)CC1)c1ccc2c(c1)OCCO2. The number of carbonyl (C=O) groups excluding carboxylic acids is 1. The molecule has 7 nitrogen and oxygen atoms in total. The van der Waals surface area contributed by atoms with Crippen molar-refractivity contribution in [3.8, 4) is 11.5 Å². The van der Waals surface area contributed by atoms with Gasteiger partial charge in [-0.2, -0.15) is 4.31 Å². The predicted molar refractivity (Wildman–Crippen MR) is 112 cm³/mol. The van der Waals surface area contributed by atoms with Crippen LogP contribution in [0.4, 0.5) is 8.78 Å². The van der Waals surface area contributed by atoms with Gasteiger partial charge in [0.05, 0.1) is 6.04 Å². The number of benzene rings is 2. The van der Waals surface area contributed by atoms with E-state index in [0.29, 0.717) is 30.8 Å². The summed E-state index contributed by atoms with van der Waals surface area (Å²) in [7, 11) is -4.18. The third kappa shape index (κ3) is 4.56. The molecule has 0 saturated carbocycles. The number of hydrogen-bond acceptors (Lipinski definition) is 5. The standard InChI is InChI=1S/C22H24F2N2O5S/c1-14(16-2-5-19-20(12-16)31-11-10-30-19)25-22(27)15-6-8-26(9-7-15)32(28,29)21-13-17(23)3-4-18(21)24/h2-5,12-15H,6-11H2,1H3,(H,25,27). The summed E-state index contributed by atoms with van der Waals surface area (Å²) >= 11 is 0. The number of amides is 1. The van der Waals surface area contributed by atoms with Crippen molar-refractivity contribution in [1.29, 1.82) is 0 Å². The number of nitrogens with zero attached hydrogens (tertiary/aromatic N) is 1. The van der Waals surface area contributed by atoms with Crippen molar-refractivity contribution in [2.24, 2.45) is 5.92 Å². The molecule has 0 radical (unpaired) electrons. The lowest BCUT2D eigenvalue weighted by atomic mass is 9.96. The predicted octanol–water partition coefficient (Wildman–Crippen LogP) is 3.01. The maximum atomic E-state index is 14.0. The minimum absolute atomic E-state index is 0.0504. The summed E-state index contributed by atoms with van der Waals surface area (Å²) in [5, 5.41) is 2.96. The Morgan fingerprint density at radius 3 is 2.47 bits per heavy atom. The summed E-state index contributed by atoms with van der Waals surface area (Å²) in [5.74, 6) is -1.08. The second kappa shape index (κ2) is 9.03. The molecule has 1 atom stereocenters. The van der Waals surface area contributed by atoms with Gasteiger partial charge in [0.25, 0.3) is 0 Å². The van der Waals surface area contributed by atoms with Crippen LogP contribution in [0.2, 0.25) is 0 Å². The van der Waals surface area contributed by atoms with E-state index in [0.717, 1.165) is 22.0 Å². The molecule has 0 aromatic heterocycles. The summed E-state index contributed by atoms with van der Waals surface area (Å²) < 4.78 is 65.0. The van der Waals surface area contributed by atoms with E-state index in [1.165, 1.54) is 0 Å². The van der Waals surface area contributed by atoms with E-state index in [1.54, 1.807) is 6.07 Å². The summed E-state index contributed by atoms with van der Waals surface area (Å²) in [6, 6.07) is 7.57. The maximum Gasteiger partial charge on any atom is 0.246 e. The Hall–Kier alpha value is -2.72. The van der Waals surface area contributed by atoms with Crippen LogP contribution in [0.5, 0.6) is 11.5 Å². The Kier molecular flexibility index (Phi) is 6.34. The number of piperidine rings is 1. The van der Waals surface area contributed by atoms with E-state index in [2.05, 4.69) is 5.32 Å². The first-order chi connectivity index (χ1) is 15.3. The second-order valence-corrected chi connectivity index (χ2v) is 9.79. The van der Waals surface area contributed by atoms with Crippen LogP contribution in [-0.2, 0) is 14.8 Å². The average Bonchev–Trinajstić information content (AvgIpc) is 2.80. The zero-order chi connectivity index (χ0) is 22.9. The first-order valence-electron chi connectivity index (χ1n) is 10.4. The van der Waals surface area contributed by atoms with Crippen molar-refractivity contribution in [2.75, 3.05) is 26.3 Å². The minimum atomic E-state index is -4.18. The lowest BCUT2D eigenvalue weighted by Crippen LogP contribution is -2.43. The number of halogens is 2. The molecular formula is C22H24F2N2O5S. The third-order valence-corrected chi connectivity index (χ3v) is 7.67. The molecule has 2 heterocycles. The van der Waals surface area contributed by atoms with Gasteiger partial charge >= 0.3 is 0 Å². The van der Waals surface area contributed by atoms with Gasteiger partial charge in [-0.25, -0.2) is 17.2 Å². The molecule has 172 valence electrons. The Morgan fingerprint density at radius 1 is 1.06 bits per heavy atom. The fourth-order valence-corrected chi connectivity index (χ4v) is 5.46. The van der Waals surface area contributed by atoms with Crippen molar-refractivity contribution in [1.82, 2.24) is 9.62 Å². The fourth-order valence-electron chi connectivity index (χ4n) is 3.92. The molecule has 1 N–H and O–H groups in total. The van der Waals surface area contributed by atoms with Crippen molar-refractivity contribution in [3.63, 3.8) is 0 Å². The van der Waals surface area contributed by atoms with Gasteiger partial charge in [0.2, 0.25) is 15.9 Å². The van der Waals surface area contributed by atoms with Crippen LogP contribution in [0.15, 0.2) is 41.3 Å². The van der Waals surface area contributed by atoms with Crippen molar-refractivity contribution >= 4 is 15.9 Å². The molecule has 0 bridgehead atoms. The number of rotatable bonds is 5. The largest absolute Gasteiger partial charge is 0.486 e. The molecule has 1 saturated heterocycles. The summed E-state index contributed by atoms with van der Waals surface area (Å²) in [6.45, 7) is 2.93. The Labute approximate surface area is 185 Å². The van der Waals surface area contributed by atoms with Gasteiger partial charge in [0.1, 0.15) is 29.7 Å². The van der Waals surface area contributed by atoms with Crippen LogP contribution < -0.4 is 14.8 Å². The van der Waals surface area contributed by atoms with Gasteiger partial charge in [-0.05, 0) is 55.7 Å². The molecule has 10 heteroatoms. The van der Waals surface area contributed by atoms with Gasteiger partial charge in [-0.3, -0.25) is 4.79 Å².